The number of aryl methyl sites for hydroxylation is 1. The molecule has 0 saturated heterocycles. The van der Waals surface area contributed by atoms with E-state index >= 15 is 0 Å². The van der Waals surface area contributed by atoms with Gasteiger partial charge in [0.2, 0.25) is 0 Å². The van der Waals surface area contributed by atoms with Gasteiger partial charge >= 0.3 is 7.05 Å². The molecule has 0 fully saturated rings. The smallest absolute Gasteiger partial charge is 0.408 e. The van der Waals surface area contributed by atoms with Gasteiger partial charge in [0.1, 0.15) is 0 Å². The van der Waals surface area contributed by atoms with Crippen LogP contribution in [0.4, 0.5) is 5.13 Å². The molecule has 0 saturated carbocycles. The third kappa shape index (κ3) is 2.51. The number of aromatic nitrogens is 1. The van der Waals surface area contributed by atoms with Crippen molar-refractivity contribution < 1.29 is 5.02 Å². The Balaban J connectivity index is 2.58. The Morgan fingerprint density at radius 3 is 3.00 bits per heavy atom. The van der Waals surface area contributed by atoms with E-state index in [9.17, 15) is 0 Å². The van der Waals surface area contributed by atoms with Gasteiger partial charge in [0.15, 0.2) is 5.13 Å². The Labute approximate surface area is 70.6 Å². The Morgan fingerprint density at radius 1 is 1.82 bits per heavy atom. The van der Waals surface area contributed by atoms with Crippen LogP contribution in [0.1, 0.15) is 12.6 Å². The normalized spacial score (nSPS) is 9.73. The molecule has 0 unspecified atom stereocenters. The summed E-state index contributed by atoms with van der Waals surface area (Å²) in [5.41, 5.74) is 1.07. The molecule has 60 valence electrons. The van der Waals surface area contributed by atoms with E-state index in [1.807, 2.05) is 5.38 Å². The van der Waals surface area contributed by atoms with E-state index in [-0.39, 0.29) is 0 Å². The monoisotopic (exact) mass is 170 g/mol. The molecular formula is C6H11BN2OS. The summed E-state index contributed by atoms with van der Waals surface area (Å²) in [5, 5.41) is 14.5. The molecule has 1 aromatic rings. The Morgan fingerprint density at radius 2 is 2.55 bits per heavy atom. The van der Waals surface area contributed by atoms with E-state index in [1.165, 1.54) is 11.3 Å². The van der Waals surface area contributed by atoms with Gasteiger partial charge in [-0.05, 0) is 13.2 Å². The molecule has 0 aliphatic carbocycles. The van der Waals surface area contributed by atoms with Gasteiger partial charge < -0.3 is 10.3 Å². The van der Waals surface area contributed by atoms with E-state index in [0.29, 0.717) is 0 Å². The fourth-order valence-corrected chi connectivity index (χ4v) is 1.59. The van der Waals surface area contributed by atoms with Crippen LogP contribution < -0.4 is 5.23 Å². The first-order valence-electron chi connectivity index (χ1n) is 3.61. The quantitative estimate of drug-likeness (QED) is 0.670. The first-order chi connectivity index (χ1) is 5.22. The minimum absolute atomic E-state index is 0.522. The highest BCUT2D eigenvalue weighted by molar-refractivity contribution is 7.14. The van der Waals surface area contributed by atoms with E-state index in [4.69, 9.17) is 5.02 Å². The van der Waals surface area contributed by atoms with Gasteiger partial charge in [0.25, 0.3) is 0 Å². The van der Waals surface area contributed by atoms with Crippen molar-refractivity contribution in [2.45, 2.75) is 20.2 Å². The molecule has 1 rings (SSSR count). The molecule has 1 aromatic heterocycles. The van der Waals surface area contributed by atoms with E-state index in [1.54, 1.807) is 6.82 Å². The van der Waals surface area contributed by atoms with Crippen molar-refractivity contribution in [1.29, 1.82) is 0 Å². The number of hydrogen-bond acceptors (Lipinski definition) is 4. The highest BCUT2D eigenvalue weighted by Crippen LogP contribution is 2.15. The maximum atomic E-state index is 8.94. The molecule has 2 N–H and O–H groups in total. The highest BCUT2D eigenvalue weighted by Gasteiger charge is 2.05. The lowest BCUT2D eigenvalue weighted by Gasteiger charge is -1.98. The number of hydrogen-bond donors (Lipinski definition) is 2. The molecule has 1 heterocycles. The summed E-state index contributed by atoms with van der Waals surface area (Å²) in [6.45, 7) is 3.73. The number of anilines is 1. The van der Waals surface area contributed by atoms with Gasteiger partial charge in [0, 0.05) is 5.38 Å². The first kappa shape index (κ1) is 8.55. The molecule has 0 radical (unpaired) electrons. The highest BCUT2D eigenvalue weighted by atomic mass is 32.1. The SMILES string of the molecule is CCc1csc(NB(C)O)n1. The third-order valence-electron chi connectivity index (χ3n) is 1.25. The maximum Gasteiger partial charge on any atom is 0.408 e. The molecule has 0 bridgehead atoms. The summed E-state index contributed by atoms with van der Waals surface area (Å²) in [7, 11) is -0.522. The van der Waals surface area contributed by atoms with Crippen LogP contribution in [0.15, 0.2) is 5.38 Å². The fourth-order valence-electron chi connectivity index (χ4n) is 0.714. The maximum absolute atomic E-state index is 8.94. The minimum atomic E-state index is -0.522. The zero-order valence-corrected chi connectivity index (χ0v) is 7.48. The standard InChI is InChI=1S/C6H11BN2OS/c1-3-5-4-11-6(8-5)9-7(2)10/h4,10H,3H2,1-2H3,(H,8,9). The topological polar surface area (TPSA) is 45.1 Å². The van der Waals surface area contributed by atoms with Crippen molar-refractivity contribution in [3.8, 4) is 0 Å². The number of nitrogens with zero attached hydrogens (tertiary/aromatic N) is 1. The summed E-state index contributed by atoms with van der Waals surface area (Å²) in [6, 6.07) is 0. The van der Waals surface area contributed by atoms with Gasteiger partial charge in [0.05, 0.1) is 5.69 Å². The molecule has 0 amide bonds. The summed E-state index contributed by atoms with van der Waals surface area (Å²) in [4.78, 5) is 4.22. The van der Waals surface area contributed by atoms with Crippen LogP contribution in [0.25, 0.3) is 0 Å². The molecular weight excluding hydrogens is 159 g/mol. The average Bonchev–Trinajstić information content (AvgIpc) is 2.34. The molecule has 3 nitrogen and oxygen atoms in total. The summed E-state index contributed by atoms with van der Waals surface area (Å²) in [5.74, 6) is 0. The fraction of sp³-hybridized carbons (Fsp3) is 0.500. The summed E-state index contributed by atoms with van der Waals surface area (Å²) < 4.78 is 0. The Bertz CT molecular complexity index is 226. The molecule has 0 atom stereocenters. The Hall–Kier alpha value is -0.545. The molecule has 0 aliphatic heterocycles. The van der Waals surface area contributed by atoms with Gasteiger partial charge in [-0.25, -0.2) is 4.98 Å². The van der Waals surface area contributed by atoms with Crippen LogP contribution in [0.3, 0.4) is 0 Å². The first-order valence-corrected chi connectivity index (χ1v) is 4.49. The largest absolute Gasteiger partial charge is 0.433 e. The average molecular weight is 170 g/mol. The van der Waals surface area contributed by atoms with Gasteiger partial charge in [-0.1, -0.05) is 6.92 Å². The van der Waals surface area contributed by atoms with Crippen LogP contribution >= 0.6 is 11.3 Å². The Kier molecular flexibility index (Phi) is 2.90. The van der Waals surface area contributed by atoms with E-state index in [0.717, 1.165) is 17.2 Å². The van der Waals surface area contributed by atoms with Crippen molar-refractivity contribution in [2.24, 2.45) is 0 Å². The van der Waals surface area contributed by atoms with Crippen LogP contribution in [0.2, 0.25) is 6.82 Å². The predicted molar refractivity (Wildman–Crippen MR) is 49.0 cm³/mol. The van der Waals surface area contributed by atoms with Crippen molar-refractivity contribution >= 4 is 23.5 Å². The third-order valence-corrected chi connectivity index (χ3v) is 2.07. The van der Waals surface area contributed by atoms with Crippen LogP contribution in [0.5, 0.6) is 0 Å². The van der Waals surface area contributed by atoms with Crippen molar-refractivity contribution in [3.05, 3.63) is 11.1 Å². The lowest BCUT2D eigenvalue weighted by atomic mass is 9.90. The minimum Gasteiger partial charge on any atom is -0.433 e. The number of nitrogens with one attached hydrogen (secondary N) is 1. The molecule has 11 heavy (non-hydrogen) atoms. The van der Waals surface area contributed by atoms with Gasteiger partial charge in [-0.15, -0.1) is 11.3 Å². The second kappa shape index (κ2) is 3.73. The van der Waals surface area contributed by atoms with Gasteiger partial charge in [-0.2, -0.15) is 0 Å². The second-order valence-electron chi connectivity index (χ2n) is 2.32. The van der Waals surface area contributed by atoms with Crippen LogP contribution in [-0.2, 0) is 6.42 Å². The van der Waals surface area contributed by atoms with Crippen molar-refractivity contribution in [3.63, 3.8) is 0 Å². The van der Waals surface area contributed by atoms with Crippen LogP contribution in [0, 0.1) is 0 Å². The lowest BCUT2D eigenvalue weighted by Crippen LogP contribution is -2.19. The zero-order chi connectivity index (χ0) is 8.27. The van der Waals surface area contributed by atoms with Gasteiger partial charge in [-0.3, -0.25) is 0 Å². The molecule has 5 heteroatoms. The zero-order valence-electron chi connectivity index (χ0n) is 6.66. The summed E-state index contributed by atoms with van der Waals surface area (Å²) >= 11 is 1.52. The second-order valence-corrected chi connectivity index (χ2v) is 3.18. The van der Waals surface area contributed by atoms with Crippen molar-refractivity contribution in [1.82, 2.24) is 4.98 Å². The van der Waals surface area contributed by atoms with Crippen molar-refractivity contribution in [2.75, 3.05) is 5.23 Å². The number of thiazole rings is 1. The van der Waals surface area contributed by atoms with E-state index in [2.05, 4.69) is 17.1 Å². The molecule has 0 aromatic carbocycles. The summed E-state index contributed by atoms with van der Waals surface area (Å²) in [6.07, 6.45) is 0.942. The molecule has 0 aliphatic rings. The van der Waals surface area contributed by atoms with E-state index < -0.39 is 7.05 Å². The number of rotatable bonds is 3. The van der Waals surface area contributed by atoms with Crippen LogP contribution in [-0.4, -0.2) is 17.1 Å². The lowest BCUT2D eigenvalue weighted by molar-refractivity contribution is 0.587. The molecule has 0 spiro atoms. The predicted octanol–water partition coefficient (Wildman–Crippen LogP) is 1.23.